The van der Waals surface area contributed by atoms with E-state index in [4.69, 9.17) is 4.52 Å². The molecule has 2 aliphatic heterocycles. The van der Waals surface area contributed by atoms with Gasteiger partial charge in [-0.05, 0) is 46.6 Å². The van der Waals surface area contributed by atoms with Crippen LogP contribution in [-0.2, 0) is 10.2 Å². The average molecular weight is 426 g/mol. The third-order valence-electron chi connectivity index (χ3n) is 6.25. The van der Waals surface area contributed by atoms with Gasteiger partial charge in [0.15, 0.2) is 5.69 Å². The Kier molecular flexibility index (Phi) is 5.71. The molecule has 2 saturated heterocycles. The number of rotatable bonds is 5. The minimum Gasteiger partial charge on any atom is -0.360 e. The second-order valence-electron chi connectivity index (χ2n) is 8.77. The topological polar surface area (TPSA) is 99.0 Å². The number of aromatic nitrogens is 1. The molecule has 1 aromatic heterocycles. The molecular formula is C19H31N5O4S. The van der Waals surface area contributed by atoms with Crippen LogP contribution in [-0.4, -0.2) is 84.3 Å². The van der Waals surface area contributed by atoms with Gasteiger partial charge in [0.25, 0.3) is 16.1 Å². The molecule has 4 rings (SSSR count). The van der Waals surface area contributed by atoms with Crippen LogP contribution >= 0.6 is 0 Å². The highest BCUT2D eigenvalue weighted by Crippen LogP contribution is 2.40. The zero-order valence-corrected chi connectivity index (χ0v) is 18.2. The number of nitrogens with one attached hydrogen (secondary N) is 1. The lowest BCUT2D eigenvalue weighted by atomic mass is 10.0. The van der Waals surface area contributed by atoms with Crippen LogP contribution in [0.1, 0.15) is 61.7 Å². The molecule has 1 N–H and O–H groups in total. The third kappa shape index (κ3) is 4.35. The number of carbonyl (C=O) groups is 1. The van der Waals surface area contributed by atoms with Crippen molar-refractivity contribution < 1.29 is 17.7 Å². The van der Waals surface area contributed by atoms with Crippen molar-refractivity contribution in [3.05, 3.63) is 17.5 Å². The molecule has 162 valence electrons. The summed E-state index contributed by atoms with van der Waals surface area (Å²) in [4.78, 5) is 14.7. The summed E-state index contributed by atoms with van der Waals surface area (Å²) in [5.41, 5.74) is 0.306. The third-order valence-corrected chi connectivity index (χ3v) is 8.52. The van der Waals surface area contributed by atoms with E-state index in [0.717, 1.165) is 31.7 Å². The van der Waals surface area contributed by atoms with Crippen molar-refractivity contribution in [1.29, 1.82) is 0 Å². The smallest absolute Gasteiger partial charge is 0.282 e. The first kappa shape index (κ1) is 20.8. The van der Waals surface area contributed by atoms with Gasteiger partial charge in [0, 0.05) is 56.3 Å². The molecule has 10 heteroatoms. The first-order chi connectivity index (χ1) is 13.8. The van der Waals surface area contributed by atoms with Crippen LogP contribution in [0.5, 0.6) is 0 Å². The van der Waals surface area contributed by atoms with Crippen molar-refractivity contribution in [2.24, 2.45) is 0 Å². The minimum atomic E-state index is -3.51. The summed E-state index contributed by atoms with van der Waals surface area (Å²) < 4.78 is 34.9. The zero-order valence-electron chi connectivity index (χ0n) is 17.4. The van der Waals surface area contributed by atoms with E-state index in [9.17, 15) is 13.2 Å². The van der Waals surface area contributed by atoms with Gasteiger partial charge in [-0.3, -0.25) is 4.79 Å². The Hall–Kier alpha value is -1.49. The predicted molar refractivity (Wildman–Crippen MR) is 108 cm³/mol. The fourth-order valence-electron chi connectivity index (χ4n) is 4.44. The van der Waals surface area contributed by atoms with E-state index in [0.29, 0.717) is 37.5 Å². The maximum absolute atomic E-state index is 13.2. The van der Waals surface area contributed by atoms with Crippen LogP contribution in [0.15, 0.2) is 10.6 Å². The molecule has 0 radical (unpaired) electrons. The molecular weight excluding hydrogens is 394 g/mol. The van der Waals surface area contributed by atoms with Crippen molar-refractivity contribution in [3.63, 3.8) is 0 Å². The number of piperazine rings is 1. The number of nitrogens with zero attached hydrogens (tertiary/aromatic N) is 4. The van der Waals surface area contributed by atoms with E-state index in [1.165, 1.54) is 0 Å². The molecule has 1 aliphatic carbocycles. The van der Waals surface area contributed by atoms with Crippen molar-refractivity contribution in [1.82, 2.24) is 24.0 Å². The highest BCUT2D eigenvalue weighted by atomic mass is 32.2. The van der Waals surface area contributed by atoms with Crippen molar-refractivity contribution in [3.8, 4) is 0 Å². The Morgan fingerprint density at radius 3 is 2.52 bits per heavy atom. The van der Waals surface area contributed by atoms with Gasteiger partial charge >= 0.3 is 0 Å². The van der Waals surface area contributed by atoms with Crippen LogP contribution in [0.3, 0.4) is 0 Å². The Morgan fingerprint density at radius 1 is 1.14 bits per heavy atom. The molecule has 1 aromatic rings. The van der Waals surface area contributed by atoms with Crippen molar-refractivity contribution >= 4 is 16.1 Å². The molecule has 3 fully saturated rings. The normalized spacial score (nSPS) is 30.4. The van der Waals surface area contributed by atoms with Crippen LogP contribution in [0.2, 0.25) is 0 Å². The summed E-state index contributed by atoms with van der Waals surface area (Å²) in [6.45, 7) is 6.26. The lowest BCUT2D eigenvalue weighted by Gasteiger charge is -2.43. The molecule has 29 heavy (non-hydrogen) atoms. The summed E-state index contributed by atoms with van der Waals surface area (Å²) >= 11 is 0. The molecule has 9 nitrogen and oxygen atoms in total. The number of carbonyl (C=O) groups excluding carboxylic acids is 1. The monoisotopic (exact) mass is 425 g/mol. The Bertz CT molecular complexity index is 853. The Morgan fingerprint density at radius 2 is 1.86 bits per heavy atom. The van der Waals surface area contributed by atoms with Gasteiger partial charge in [-0.15, -0.1) is 0 Å². The quantitative estimate of drug-likeness (QED) is 0.756. The van der Waals surface area contributed by atoms with Crippen LogP contribution in [0.4, 0.5) is 0 Å². The first-order valence-electron chi connectivity index (χ1n) is 10.5. The first-order valence-corrected chi connectivity index (χ1v) is 11.9. The number of amides is 1. The summed E-state index contributed by atoms with van der Waals surface area (Å²) in [5, 5.41) is 6.89. The number of hydrogen-bond donors (Lipinski definition) is 1. The summed E-state index contributed by atoms with van der Waals surface area (Å²) in [5.74, 6) is 0.946. The van der Waals surface area contributed by atoms with Gasteiger partial charge in [-0.25, -0.2) is 0 Å². The summed E-state index contributed by atoms with van der Waals surface area (Å²) in [7, 11) is -1.50. The lowest BCUT2D eigenvalue weighted by molar-refractivity contribution is 0.0901. The van der Waals surface area contributed by atoms with Gasteiger partial charge in [0.05, 0.1) is 0 Å². The van der Waals surface area contributed by atoms with Crippen LogP contribution in [0, 0.1) is 0 Å². The standard InChI is InChI=1S/C19H31N5O4S/c1-13-10-16(20-19(25)17-11-18(28-21-17)15-4-5-15)6-7-23(13)29(26,27)24-9-8-22(3)12-14(24)2/h11,13-16H,4-10,12H2,1-3H3,(H,20,25)/t13-,14-,16-/m0/s1. The van der Waals surface area contributed by atoms with Gasteiger partial charge in [-0.2, -0.15) is 17.0 Å². The Balaban J connectivity index is 1.35. The largest absolute Gasteiger partial charge is 0.360 e. The van der Waals surface area contributed by atoms with E-state index < -0.39 is 10.2 Å². The molecule has 3 atom stereocenters. The van der Waals surface area contributed by atoms with E-state index in [1.807, 2.05) is 20.9 Å². The molecule has 0 unspecified atom stereocenters. The number of likely N-dealkylation sites (N-methyl/N-ethyl adjacent to an activating group) is 1. The lowest BCUT2D eigenvalue weighted by Crippen LogP contribution is -2.60. The second-order valence-corrected chi connectivity index (χ2v) is 10.6. The van der Waals surface area contributed by atoms with Gasteiger partial charge in [0.2, 0.25) is 0 Å². The average Bonchev–Trinajstić information content (AvgIpc) is 3.37. The molecule has 3 heterocycles. The second kappa shape index (κ2) is 7.98. The summed E-state index contributed by atoms with van der Waals surface area (Å²) in [6.07, 6.45) is 3.35. The highest BCUT2D eigenvalue weighted by molar-refractivity contribution is 7.86. The zero-order chi connectivity index (χ0) is 20.8. The minimum absolute atomic E-state index is 0.0452. The number of hydrogen-bond acceptors (Lipinski definition) is 6. The molecule has 0 spiro atoms. The van der Waals surface area contributed by atoms with Crippen LogP contribution < -0.4 is 5.32 Å². The highest BCUT2D eigenvalue weighted by Gasteiger charge is 2.41. The van der Waals surface area contributed by atoms with Crippen molar-refractivity contribution in [2.45, 2.75) is 63.6 Å². The van der Waals surface area contributed by atoms with E-state index >= 15 is 0 Å². The molecule has 1 amide bonds. The fourth-order valence-corrected chi connectivity index (χ4v) is 6.42. The Labute approximate surface area is 172 Å². The van der Waals surface area contributed by atoms with E-state index in [-0.39, 0.29) is 24.0 Å². The van der Waals surface area contributed by atoms with Gasteiger partial charge < -0.3 is 14.7 Å². The molecule has 1 saturated carbocycles. The predicted octanol–water partition coefficient (Wildman–Crippen LogP) is 1.02. The SMILES string of the molecule is C[C@H]1C[C@@H](NC(=O)c2cc(C3CC3)on2)CCN1S(=O)(=O)N1CCN(C)C[C@@H]1C. The van der Waals surface area contributed by atoms with Gasteiger partial charge in [-0.1, -0.05) is 5.16 Å². The van der Waals surface area contributed by atoms with Crippen molar-refractivity contribution in [2.75, 3.05) is 33.2 Å². The summed E-state index contributed by atoms with van der Waals surface area (Å²) in [6, 6.07) is 1.43. The number of piperidine rings is 1. The van der Waals surface area contributed by atoms with E-state index in [2.05, 4.69) is 15.4 Å². The molecule has 0 bridgehead atoms. The fraction of sp³-hybridized carbons (Fsp3) is 0.789. The molecule has 0 aromatic carbocycles. The van der Waals surface area contributed by atoms with Crippen LogP contribution in [0.25, 0.3) is 0 Å². The molecule has 3 aliphatic rings. The van der Waals surface area contributed by atoms with E-state index in [1.54, 1.807) is 14.7 Å². The maximum atomic E-state index is 13.2. The maximum Gasteiger partial charge on any atom is 0.282 e. The van der Waals surface area contributed by atoms with Gasteiger partial charge in [0.1, 0.15) is 5.76 Å².